The van der Waals surface area contributed by atoms with Crippen LogP contribution in [0.2, 0.25) is 0 Å². The van der Waals surface area contributed by atoms with Gasteiger partial charge < -0.3 is 22.3 Å². The first-order chi connectivity index (χ1) is 5.54. The maximum atomic E-state index is 10.2. The van der Waals surface area contributed by atoms with Crippen LogP contribution >= 0.6 is 0 Å². The number of hydrogen-bond donors (Lipinski definition) is 4. The molecule has 0 fully saturated rings. The van der Waals surface area contributed by atoms with E-state index in [0.717, 1.165) is 0 Å². The summed E-state index contributed by atoms with van der Waals surface area (Å²) in [6.45, 7) is 0.420. The number of hydrogen-bond acceptors (Lipinski definition) is 3. The summed E-state index contributed by atoms with van der Waals surface area (Å²) in [6, 6.07) is -0.820. The molecular weight excluding hydrogens is 183 g/mol. The van der Waals surface area contributed by atoms with Crippen LogP contribution in [0, 0.1) is 0 Å². The zero-order valence-electron chi connectivity index (χ0n) is 7.73. The van der Waals surface area contributed by atoms with E-state index in [9.17, 15) is 4.79 Å². The van der Waals surface area contributed by atoms with E-state index in [0.29, 0.717) is 19.4 Å². The summed E-state index contributed by atoms with van der Waals surface area (Å²) < 4.78 is 0. The molecule has 0 heterocycles. The van der Waals surface area contributed by atoms with Gasteiger partial charge in [0.25, 0.3) is 0 Å². The average Bonchev–Trinajstić information content (AvgIpc) is 1.97. The summed E-state index contributed by atoms with van der Waals surface area (Å²) in [5.74, 6) is -0.987. The second-order valence-corrected chi connectivity index (χ2v) is 2.39. The van der Waals surface area contributed by atoms with E-state index >= 15 is 0 Å². The Balaban J connectivity index is 0. The second-order valence-electron chi connectivity index (χ2n) is 2.39. The van der Waals surface area contributed by atoms with Gasteiger partial charge in [0.2, 0.25) is 0 Å². The quantitative estimate of drug-likeness (QED) is 0.153. The van der Waals surface area contributed by atoms with Crippen molar-refractivity contribution in [2.45, 2.75) is 18.9 Å². The van der Waals surface area contributed by atoms with Gasteiger partial charge in [-0.15, -0.1) is 0 Å². The van der Waals surface area contributed by atoms with Crippen LogP contribution in [0.4, 0.5) is 0 Å². The summed E-state index contributed by atoms with van der Waals surface area (Å²) in [7, 11) is 0. The van der Waals surface area contributed by atoms with Crippen molar-refractivity contribution in [3.63, 3.8) is 0 Å². The first kappa shape index (κ1) is 15.2. The molecule has 1 unspecified atom stereocenters. The van der Waals surface area contributed by atoms with Crippen LogP contribution in [-0.4, -0.2) is 29.6 Å². The van der Waals surface area contributed by atoms with E-state index in [1.54, 1.807) is 0 Å². The predicted molar refractivity (Wildman–Crippen MR) is 45.5 cm³/mol. The minimum absolute atomic E-state index is 0. The largest absolute Gasteiger partial charge is 1.00 e. The van der Waals surface area contributed by atoms with E-state index in [2.05, 4.69) is 4.99 Å². The Morgan fingerprint density at radius 2 is 2.00 bits per heavy atom. The van der Waals surface area contributed by atoms with Crippen LogP contribution in [0.1, 0.15) is 12.8 Å². The summed E-state index contributed by atoms with van der Waals surface area (Å²) in [5, 5.41) is 8.38. The van der Waals surface area contributed by atoms with Crippen molar-refractivity contribution in [1.29, 1.82) is 0 Å². The van der Waals surface area contributed by atoms with Crippen LogP contribution in [0.3, 0.4) is 0 Å². The monoisotopic (exact) mass is 197 g/mol. The van der Waals surface area contributed by atoms with Crippen LogP contribution in [-0.2, 0) is 4.79 Å². The molecule has 0 radical (unpaired) electrons. The molecule has 0 aromatic heterocycles. The van der Waals surface area contributed by atoms with Gasteiger partial charge in [0, 0.05) is 6.54 Å². The summed E-state index contributed by atoms with van der Waals surface area (Å²) in [4.78, 5) is 13.9. The van der Waals surface area contributed by atoms with Crippen molar-refractivity contribution in [3.8, 4) is 0 Å². The molecule has 1 atom stereocenters. The summed E-state index contributed by atoms with van der Waals surface area (Å²) in [5.41, 5.74) is 15.3. The van der Waals surface area contributed by atoms with Gasteiger partial charge in [-0.1, -0.05) is 0 Å². The Kier molecular flexibility index (Phi) is 9.70. The molecule has 0 amide bonds. The summed E-state index contributed by atoms with van der Waals surface area (Å²) >= 11 is 0. The maximum absolute atomic E-state index is 10.2. The van der Waals surface area contributed by atoms with Gasteiger partial charge in [0.05, 0.1) is 0 Å². The average molecular weight is 197 g/mol. The fourth-order valence-electron chi connectivity index (χ4n) is 0.643. The van der Waals surface area contributed by atoms with Gasteiger partial charge in [-0.2, -0.15) is 0 Å². The fourth-order valence-corrected chi connectivity index (χ4v) is 0.643. The summed E-state index contributed by atoms with van der Waals surface area (Å²) in [6.07, 6.45) is 0.956. The Bertz CT molecular complexity index is 181. The Morgan fingerprint density at radius 3 is 2.38 bits per heavy atom. The van der Waals surface area contributed by atoms with E-state index in [1.807, 2.05) is 0 Å². The van der Waals surface area contributed by atoms with Crippen LogP contribution < -0.4 is 46.8 Å². The van der Waals surface area contributed by atoms with Gasteiger partial charge in [-0.3, -0.25) is 9.79 Å². The third-order valence-corrected chi connectivity index (χ3v) is 1.28. The van der Waals surface area contributed by atoms with Gasteiger partial charge in [0.1, 0.15) is 6.04 Å². The molecule has 0 saturated heterocycles. The van der Waals surface area contributed by atoms with Crippen LogP contribution in [0.15, 0.2) is 4.99 Å². The molecule has 0 aliphatic heterocycles. The molecule has 0 aliphatic carbocycles. The molecule has 0 aromatic carbocycles. The normalized spacial score (nSPS) is 11.2. The molecule has 6 nitrogen and oxygen atoms in total. The SMILES string of the molecule is NC(N)=NCCCC(N)C(=O)O.[Na+]. The molecule has 0 spiro atoms. The second kappa shape index (κ2) is 8.31. The zero-order valence-corrected chi connectivity index (χ0v) is 9.73. The predicted octanol–water partition coefficient (Wildman–Crippen LogP) is -4.54. The van der Waals surface area contributed by atoms with Crippen LogP contribution in [0.25, 0.3) is 0 Å². The number of rotatable bonds is 5. The maximum Gasteiger partial charge on any atom is 1.00 e. The number of nitrogens with two attached hydrogens (primary N) is 3. The smallest absolute Gasteiger partial charge is 0.480 e. The minimum atomic E-state index is -1.00. The first-order valence-electron chi connectivity index (χ1n) is 3.58. The molecule has 7 N–H and O–H groups in total. The van der Waals surface area contributed by atoms with E-state index in [-0.39, 0.29) is 35.5 Å². The topological polar surface area (TPSA) is 128 Å². The molecule has 0 aromatic rings. The zero-order chi connectivity index (χ0) is 9.56. The van der Waals surface area contributed by atoms with Crippen molar-refractivity contribution in [2.24, 2.45) is 22.2 Å². The van der Waals surface area contributed by atoms with E-state index in [4.69, 9.17) is 22.3 Å². The van der Waals surface area contributed by atoms with Gasteiger partial charge in [0.15, 0.2) is 5.96 Å². The van der Waals surface area contributed by atoms with Gasteiger partial charge in [-0.05, 0) is 12.8 Å². The van der Waals surface area contributed by atoms with Crippen molar-refractivity contribution >= 4 is 11.9 Å². The molecule has 13 heavy (non-hydrogen) atoms. The molecule has 0 aliphatic rings. The molecule has 70 valence electrons. The number of aliphatic imine (C=N–C) groups is 1. The number of guanidine groups is 1. The minimum Gasteiger partial charge on any atom is -0.480 e. The molecular formula is C6H14N4NaO2+. The Morgan fingerprint density at radius 1 is 1.46 bits per heavy atom. The number of carbonyl (C=O) groups is 1. The third kappa shape index (κ3) is 9.62. The standard InChI is InChI=1S/C6H14N4O2.Na/c7-4(5(11)12)2-1-3-10-6(8)9;/h4H,1-3,7H2,(H,11,12)(H4,8,9,10);/q;+1. The van der Waals surface area contributed by atoms with Crippen molar-refractivity contribution in [1.82, 2.24) is 0 Å². The van der Waals surface area contributed by atoms with Gasteiger partial charge >= 0.3 is 35.5 Å². The van der Waals surface area contributed by atoms with E-state index in [1.165, 1.54) is 0 Å². The van der Waals surface area contributed by atoms with Crippen LogP contribution in [0.5, 0.6) is 0 Å². The Hall–Kier alpha value is -0.300. The number of nitrogens with zero attached hydrogens (tertiary/aromatic N) is 1. The number of carboxylic acid groups (broad SMARTS) is 1. The van der Waals surface area contributed by atoms with E-state index < -0.39 is 12.0 Å². The van der Waals surface area contributed by atoms with Crippen molar-refractivity contribution < 1.29 is 39.5 Å². The first-order valence-corrected chi connectivity index (χ1v) is 3.58. The number of aliphatic carboxylic acids is 1. The third-order valence-electron chi connectivity index (χ3n) is 1.28. The molecule has 7 heteroatoms. The number of carboxylic acids is 1. The molecule has 0 saturated carbocycles. The van der Waals surface area contributed by atoms with Gasteiger partial charge in [-0.25, -0.2) is 0 Å². The molecule has 0 bridgehead atoms. The Labute approximate surface area is 98.8 Å². The fraction of sp³-hybridized carbons (Fsp3) is 0.667. The van der Waals surface area contributed by atoms with Crippen molar-refractivity contribution in [3.05, 3.63) is 0 Å². The van der Waals surface area contributed by atoms with Crippen molar-refractivity contribution in [2.75, 3.05) is 6.54 Å². The molecule has 0 rings (SSSR count).